The third kappa shape index (κ3) is 5.29. The van der Waals surface area contributed by atoms with Crippen LogP contribution in [0.3, 0.4) is 0 Å². The smallest absolute Gasteiger partial charge is 0.187 e. The van der Waals surface area contributed by atoms with Crippen molar-refractivity contribution in [3.05, 3.63) is 71.8 Å². The van der Waals surface area contributed by atoms with Crippen molar-refractivity contribution in [3.8, 4) is 0 Å². The highest BCUT2D eigenvalue weighted by Gasteiger charge is 2.63. The molecule has 4 rings (SSSR count). The van der Waals surface area contributed by atoms with Crippen molar-refractivity contribution in [3.63, 3.8) is 0 Å². The molecule has 6 nitrogen and oxygen atoms in total. The Hall–Kier alpha value is -1.22. The van der Waals surface area contributed by atoms with Crippen LogP contribution in [0, 0.1) is 0 Å². The second-order valence-corrected chi connectivity index (χ2v) is 9.65. The van der Waals surface area contributed by atoms with Gasteiger partial charge in [-0.25, -0.2) is 0 Å². The predicted molar refractivity (Wildman–Crippen MR) is 120 cm³/mol. The Morgan fingerprint density at radius 3 is 2.09 bits per heavy atom. The van der Waals surface area contributed by atoms with Gasteiger partial charge in [0.1, 0.15) is 28.7 Å². The fraction of sp³-hybridized carbons (Fsp3) is 0.500. The molecule has 0 aliphatic carbocycles. The summed E-state index contributed by atoms with van der Waals surface area (Å²) in [6.07, 6.45) is -2.85. The summed E-state index contributed by atoms with van der Waals surface area (Å²) in [6.45, 7) is 4.07. The highest BCUT2D eigenvalue weighted by atomic mass is 35.5. The summed E-state index contributed by atoms with van der Waals surface area (Å²) in [5.74, 6) is -0.869. The van der Waals surface area contributed by atoms with E-state index in [9.17, 15) is 5.11 Å². The van der Waals surface area contributed by atoms with Gasteiger partial charge < -0.3 is 28.8 Å². The van der Waals surface area contributed by atoms with Crippen LogP contribution in [0.4, 0.5) is 0 Å². The Balaban J connectivity index is 1.48. The van der Waals surface area contributed by atoms with E-state index in [1.807, 2.05) is 60.7 Å². The van der Waals surface area contributed by atoms with E-state index in [4.69, 9.17) is 46.9 Å². The number of ether oxygens (including phenoxy) is 5. The van der Waals surface area contributed by atoms with Gasteiger partial charge in [-0.2, -0.15) is 0 Å². The first-order chi connectivity index (χ1) is 15.3. The topological polar surface area (TPSA) is 66.4 Å². The first-order valence-electron chi connectivity index (χ1n) is 10.6. The molecule has 0 radical (unpaired) electrons. The second-order valence-electron chi connectivity index (χ2n) is 8.56. The third-order valence-electron chi connectivity index (χ3n) is 5.58. The molecule has 174 valence electrons. The molecule has 2 aromatic carbocycles. The molecule has 2 aliphatic heterocycles. The second kappa shape index (κ2) is 9.95. The maximum absolute atomic E-state index is 11.5. The van der Waals surface area contributed by atoms with Crippen molar-refractivity contribution in [2.24, 2.45) is 0 Å². The van der Waals surface area contributed by atoms with Gasteiger partial charge in [0, 0.05) is 0 Å². The lowest BCUT2D eigenvalue weighted by molar-refractivity contribution is -0.261. The number of fused-ring (bicyclic) bond motifs is 1. The van der Waals surface area contributed by atoms with Gasteiger partial charge in [0.2, 0.25) is 0 Å². The van der Waals surface area contributed by atoms with E-state index in [1.54, 1.807) is 13.8 Å². The maximum Gasteiger partial charge on any atom is 0.187 e. The van der Waals surface area contributed by atoms with Crippen LogP contribution in [-0.4, -0.2) is 52.5 Å². The molecule has 0 spiro atoms. The fourth-order valence-electron chi connectivity index (χ4n) is 4.03. The van der Waals surface area contributed by atoms with Crippen LogP contribution in [0.5, 0.6) is 0 Å². The van der Waals surface area contributed by atoms with E-state index in [2.05, 4.69) is 0 Å². The molecule has 0 bridgehead atoms. The van der Waals surface area contributed by atoms with Crippen molar-refractivity contribution in [2.45, 2.75) is 67.9 Å². The lowest BCUT2D eigenvalue weighted by atomic mass is 9.94. The standard InChI is InChI=1S/C24H28Cl2O6/c1-23(2)31-18-19(32-23)21(29-14-17-11-7-4-8-12-17)30-20(18)24(27,22(25)26)15-28-13-16-9-5-3-6-10-16/h3-12,18-22,27H,13-15H2,1-2H3/t18-,19+,20+,21-,24+/m1/s1. The molecule has 8 heteroatoms. The predicted octanol–water partition coefficient (Wildman–Crippen LogP) is 4.20. The molecule has 2 aliphatic rings. The monoisotopic (exact) mass is 482 g/mol. The third-order valence-corrected chi connectivity index (χ3v) is 6.34. The number of alkyl halides is 2. The largest absolute Gasteiger partial charge is 0.382 e. The van der Waals surface area contributed by atoms with Crippen LogP contribution in [0.1, 0.15) is 25.0 Å². The molecule has 2 aromatic rings. The van der Waals surface area contributed by atoms with Crippen LogP contribution < -0.4 is 0 Å². The first kappa shape index (κ1) is 23.9. The van der Waals surface area contributed by atoms with E-state index < -0.39 is 40.8 Å². The number of rotatable bonds is 9. The van der Waals surface area contributed by atoms with Gasteiger partial charge in [-0.15, -0.1) is 23.2 Å². The quantitative estimate of drug-likeness (QED) is 0.540. The van der Waals surface area contributed by atoms with Crippen LogP contribution in [0.2, 0.25) is 0 Å². The van der Waals surface area contributed by atoms with E-state index in [-0.39, 0.29) is 6.61 Å². The van der Waals surface area contributed by atoms with Gasteiger partial charge in [-0.1, -0.05) is 60.7 Å². The molecular formula is C24H28Cl2O6. The van der Waals surface area contributed by atoms with Gasteiger partial charge in [0.15, 0.2) is 12.1 Å². The molecule has 2 saturated heterocycles. The molecule has 0 aromatic heterocycles. The Bertz CT molecular complexity index is 865. The number of hydrogen-bond acceptors (Lipinski definition) is 6. The molecule has 5 atom stereocenters. The highest BCUT2D eigenvalue weighted by molar-refractivity contribution is 6.45. The molecule has 2 heterocycles. The van der Waals surface area contributed by atoms with Crippen molar-refractivity contribution in [2.75, 3.05) is 6.61 Å². The van der Waals surface area contributed by atoms with Crippen molar-refractivity contribution in [1.29, 1.82) is 0 Å². The summed E-state index contributed by atoms with van der Waals surface area (Å²) in [5, 5.41) is 11.5. The minimum absolute atomic E-state index is 0.150. The Kier molecular flexibility index (Phi) is 7.44. The van der Waals surface area contributed by atoms with Gasteiger partial charge >= 0.3 is 0 Å². The van der Waals surface area contributed by atoms with E-state index in [1.165, 1.54) is 0 Å². The summed E-state index contributed by atoms with van der Waals surface area (Å²) < 4.78 is 30.0. The zero-order valence-electron chi connectivity index (χ0n) is 18.0. The van der Waals surface area contributed by atoms with Crippen LogP contribution in [0.25, 0.3) is 0 Å². The maximum atomic E-state index is 11.5. The Labute approximate surface area is 198 Å². The molecule has 0 saturated carbocycles. The summed E-state index contributed by atoms with van der Waals surface area (Å²) in [6, 6.07) is 19.4. The molecule has 0 amide bonds. The number of benzene rings is 2. The Morgan fingerprint density at radius 1 is 0.938 bits per heavy atom. The number of hydrogen-bond donors (Lipinski definition) is 1. The molecule has 1 N–H and O–H groups in total. The lowest BCUT2D eigenvalue weighted by Gasteiger charge is -2.37. The molecule has 2 fully saturated rings. The van der Waals surface area contributed by atoms with E-state index in [0.29, 0.717) is 13.2 Å². The number of aliphatic hydroxyl groups is 1. The first-order valence-corrected chi connectivity index (χ1v) is 11.4. The highest BCUT2D eigenvalue weighted by Crippen LogP contribution is 2.44. The van der Waals surface area contributed by atoms with Crippen LogP contribution in [0.15, 0.2) is 60.7 Å². The zero-order valence-corrected chi connectivity index (χ0v) is 19.5. The van der Waals surface area contributed by atoms with Gasteiger partial charge in [-0.05, 0) is 25.0 Å². The van der Waals surface area contributed by atoms with Gasteiger partial charge in [0.25, 0.3) is 0 Å². The van der Waals surface area contributed by atoms with Crippen molar-refractivity contribution in [1.82, 2.24) is 0 Å². The molecule has 0 unspecified atom stereocenters. The summed E-state index contributed by atoms with van der Waals surface area (Å²) in [4.78, 5) is -1.19. The normalized spacial score (nSPS) is 28.6. The summed E-state index contributed by atoms with van der Waals surface area (Å²) >= 11 is 12.5. The van der Waals surface area contributed by atoms with Crippen LogP contribution >= 0.6 is 23.2 Å². The van der Waals surface area contributed by atoms with Gasteiger partial charge in [-0.3, -0.25) is 0 Å². The zero-order chi connectivity index (χ0) is 22.8. The van der Waals surface area contributed by atoms with Crippen LogP contribution in [-0.2, 0) is 36.9 Å². The Morgan fingerprint density at radius 2 is 1.50 bits per heavy atom. The number of halogens is 2. The fourth-order valence-corrected chi connectivity index (χ4v) is 4.40. The average molecular weight is 483 g/mol. The van der Waals surface area contributed by atoms with E-state index >= 15 is 0 Å². The molecular weight excluding hydrogens is 455 g/mol. The summed E-state index contributed by atoms with van der Waals surface area (Å²) in [5.41, 5.74) is 0.213. The van der Waals surface area contributed by atoms with Gasteiger partial charge in [0.05, 0.1) is 19.8 Å². The summed E-state index contributed by atoms with van der Waals surface area (Å²) in [7, 11) is 0. The minimum Gasteiger partial charge on any atom is -0.382 e. The average Bonchev–Trinajstić information content (AvgIpc) is 3.26. The minimum atomic E-state index is -1.74. The molecule has 32 heavy (non-hydrogen) atoms. The lowest BCUT2D eigenvalue weighted by Crippen LogP contribution is -2.56. The van der Waals surface area contributed by atoms with E-state index in [0.717, 1.165) is 11.1 Å². The SMILES string of the molecule is CC1(C)O[C@@H]2[C@H](OCc3ccccc3)O[C@H]([C@@](O)(COCc3ccccc3)C(Cl)Cl)[C@@H]2O1. The van der Waals surface area contributed by atoms with Crippen molar-refractivity contribution >= 4 is 23.2 Å². The van der Waals surface area contributed by atoms with Crippen molar-refractivity contribution < 1.29 is 28.8 Å².